The number of piperidine rings is 1. The largest absolute Gasteiger partial charge is 0.393 e. The highest BCUT2D eigenvalue weighted by Crippen LogP contribution is 2.36. The summed E-state index contributed by atoms with van der Waals surface area (Å²) in [5, 5.41) is 10.3. The van der Waals surface area contributed by atoms with E-state index >= 15 is 0 Å². The summed E-state index contributed by atoms with van der Waals surface area (Å²) in [7, 11) is 0. The molecule has 13 heavy (non-hydrogen) atoms. The molecule has 0 saturated carbocycles. The molecule has 0 aromatic heterocycles. The summed E-state index contributed by atoms with van der Waals surface area (Å²) in [5.41, 5.74) is 0. The van der Waals surface area contributed by atoms with Crippen LogP contribution in [0.5, 0.6) is 0 Å². The molecule has 0 spiro atoms. The first-order valence-corrected chi connectivity index (χ1v) is 5.31. The van der Waals surface area contributed by atoms with Crippen LogP contribution in [0.4, 0.5) is 0 Å². The lowest BCUT2D eigenvalue weighted by Gasteiger charge is -2.36. The number of halogens is 1. The molecule has 2 aliphatic heterocycles. The minimum absolute atomic E-state index is 0.0858. The molecule has 2 nitrogen and oxygen atoms in total. The molecular weight excluding hydrogens is 186 g/mol. The first kappa shape index (κ1) is 9.50. The lowest BCUT2D eigenvalue weighted by molar-refractivity contribution is 0.0417. The third-order valence-electron chi connectivity index (χ3n) is 3.21. The molecule has 2 heterocycles. The highest BCUT2D eigenvalue weighted by molar-refractivity contribution is 6.29. The van der Waals surface area contributed by atoms with Crippen LogP contribution in [-0.4, -0.2) is 34.7 Å². The Morgan fingerprint density at radius 2 is 1.92 bits per heavy atom. The van der Waals surface area contributed by atoms with Crippen molar-refractivity contribution in [3.63, 3.8) is 0 Å². The molecule has 2 atom stereocenters. The standard InChI is InChI=1S/C10H16ClNO/c1-7(11)6-12-8-2-3-9(12)5-10(13)4-8/h8-10,13H,1-6H2. The molecule has 74 valence electrons. The van der Waals surface area contributed by atoms with Crippen LogP contribution in [-0.2, 0) is 0 Å². The van der Waals surface area contributed by atoms with E-state index in [-0.39, 0.29) is 6.10 Å². The lowest BCUT2D eigenvalue weighted by Crippen LogP contribution is -2.45. The smallest absolute Gasteiger partial charge is 0.0570 e. The van der Waals surface area contributed by atoms with E-state index in [0.29, 0.717) is 17.1 Å². The van der Waals surface area contributed by atoms with Crippen molar-refractivity contribution in [2.45, 2.75) is 43.9 Å². The van der Waals surface area contributed by atoms with Crippen molar-refractivity contribution in [1.82, 2.24) is 4.90 Å². The van der Waals surface area contributed by atoms with Crippen LogP contribution in [0.3, 0.4) is 0 Å². The highest BCUT2D eigenvalue weighted by atomic mass is 35.5. The Bertz CT molecular complexity index is 205. The van der Waals surface area contributed by atoms with Gasteiger partial charge in [-0.1, -0.05) is 18.2 Å². The number of aliphatic hydroxyl groups excluding tert-OH is 1. The number of hydrogen-bond donors (Lipinski definition) is 1. The minimum atomic E-state index is -0.0858. The Hall–Kier alpha value is -0.0500. The van der Waals surface area contributed by atoms with Crippen molar-refractivity contribution >= 4 is 11.6 Å². The summed E-state index contributed by atoms with van der Waals surface area (Å²) in [6.07, 6.45) is 4.18. The average molecular weight is 202 g/mol. The third-order valence-corrected chi connectivity index (χ3v) is 3.33. The van der Waals surface area contributed by atoms with Gasteiger partial charge in [0.25, 0.3) is 0 Å². The van der Waals surface area contributed by atoms with Gasteiger partial charge in [0.05, 0.1) is 6.10 Å². The number of rotatable bonds is 2. The van der Waals surface area contributed by atoms with Gasteiger partial charge in [0.1, 0.15) is 0 Å². The van der Waals surface area contributed by atoms with Crippen LogP contribution in [0.15, 0.2) is 11.6 Å². The predicted octanol–water partition coefficient (Wildman–Crippen LogP) is 1.73. The molecule has 2 bridgehead atoms. The van der Waals surface area contributed by atoms with Crippen LogP contribution in [0.2, 0.25) is 0 Å². The van der Waals surface area contributed by atoms with Gasteiger partial charge >= 0.3 is 0 Å². The fourth-order valence-corrected chi connectivity index (χ4v) is 2.84. The van der Waals surface area contributed by atoms with E-state index in [2.05, 4.69) is 11.5 Å². The predicted molar refractivity (Wildman–Crippen MR) is 53.7 cm³/mol. The van der Waals surface area contributed by atoms with E-state index in [4.69, 9.17) is 11.6 Å². The Morgan fingerprint density at radius 1 is 1.38 bits per heavy atom. The summed E-state index contributed by atoms with van der Waals surface area (Å²) >= 11 is 5.81. The van der Waals surface area contributed by atoms with Crippen LogP contribution in [0.1, 0.15) is 25.7 Å². The molecule has 3 heteroatoms. The zero-order valence-electron chi connectivity index (χ0n) is 7.75. The molecule has 2 saturated heterocycles. The van der Waals surface area contributed by atoms with Crippen LogP contribution in [0, 0.1) is 0 Å². The van der Waals surface area contributed by atoms with Crippen LogP contribution in [0.25, 0.3) is 0 Å². The fraction of sp³-hybridized carbons (Fsp3) is 0.800. The average Bonchev–Trinajstić information content (AvgIpc) is 2.32. The SMILES string of the molecule is C=C(Cl)CN1C2CCC1CC(O)C2. The lowest BCUT2D eigenvalue weighted by atomic mass is 10.00. The van der Waals surface area contributed by atoms with Crippen LogP contribution < -0.4 is 0 Å². The van der Waals surface area contributed by atoms with Crippen molar-refractivity contribution in [1.29, 1.82) is 0 Å². The molecule has 2 aliphatic rings. The van der Waals surface area contributed by atoms with E-state index in [9.17, 15) is 5.11 Å². The zero-order valence-corrected chi connectivity index (χ0v) is 8.50. The summed E-state index contributed by atoms with van der Waals surface area (Å²) < 4.78 is 0. The molecule has 0 radical (unpaired) electrons. The Kier molecular flexibility index (Phi) is 2.63. The maximum absolute atomic E-state index is 9.56. The van der Waals surface area contributed by atoms with E-state index in [1.165, 1.54) is 12.8 Å². The highest BCUT2D eigenvalue weighted by Gasteiger charge is 2.39. The molecule has 0 aliphatic carbocycles. The molecule has 0 amide bonds. The van der Waals surface area contributed by atoms with Crippen molar-refractivity contribution in [2.75, 3.05) is 6.54 Å². The molecule has 2 unspecified atom stereocenters. The van der Waals surface area contributed by atoms with Gasteiger partial charge in [-0.25, -0.2) is 0 Å². The van der Waals surface area contributed by atoms with Gasteiger partial charge in [0.15, 0.2) is 0 Å². The number of fused-ring (bicyclic) bond motifs is 2. The van der Waals surface area contributed by atoms with Crippen molar-refractivity contribution in [2.24, 2.45) is 0 Å². The normalized spacial score (nSPS) is 39.4. The number of nitrogens with zero attached hydrogens (tertiary/aromatic N) is 1. The van der Waals surface area contributed by atoms with Crippen molar-refractivity contribution < 1.29 is 5.11 Å². The van der Waals surface area contributed by atoms with Crippen molar-refractivity contribution in [3.05, 3.63) is 11.6 Å². The first-order chi connectivity index (χ1) is 6.16. The maximum atomic E-state index is 9.56. The van der Waals surface area contributed by atoms with Gasteiger partial charge in [0, 0.05) is 23.7 Å². The van der Waals surface area contributed by atoms with Crippen molar-refractivity contribution in [3.8, 4) is 0 Å². The number of hydrogen-bond acceptors (Lipinski definition) is 2. The second-order valence-corrected chi connectivity index (χ2v) is 4.73. The molecule has 0 aromatic carbocycles. The van der Waals surface area contributed by atoms with E-state index in [1.54, 1.807) is 0 Å². The van der Waals surface area contributed by atoms with E-state index < -0.39 is 0 Å². The van der Waals surface area contributed by atoms with Gasteiger partial charge in [-0.15, -0.1) is 0 Å². The quantitative estimate of drug-likeness (QED) is 0.736. The molecule has 1 N–H and O–H groups in total. The minimum Gasteiger partial charge on any atom is -0.393 e. The van der Waals surface area contributed by atoms with E-state index in [0.717, 1.165) is 19.4 Å². The molecular formula is C10H16ClNO. The van der Waals surface area contributed by atoms with Gasteiger partial charge in [-0.3, -0.25) is 4.90 Å². The maximum Gasteiger partial charge on any atom is 0.0570 e. The van der Waals surface area contributed by atoms with Gasteiger partial charge in [-0.2, -0.15) is 0 Å². The topological polar surface area (TPSA) is 23.5 Å². The summed E-state index contributed by atoms with van der Waals surface area (Å²) in [5.74, 6) is 0. The summed E-state index contributed by atoms with van der Waals surface area (Å²) in [6, 6.07) is 1.09. The Balaban J connectivity index is 2.02. The second-order valence-electron chi connectivity index (χ2n) is 4.20. The second kappa shape index (κ2) is 3.60. The van der Waals surface area contributed by atoms with Gasteiger partial charge in [0.2, 0.25) is 0 Å². The molecule has 2 rings (SSSR count). The fourth-order valence-electron chi connectivity index (χ4n) is 2.70. The van der Waals surface area contributed by atoms with E-state index in [1.807, 2.05) is 0 Å². The van der Waals surface area contributed by atoms with Crippen LogP contribution >= 0.6 is 11.6 Å². The zero-order chi connectivity index (χ0) is 9.42. The summed E-state index contributed by atoms with van der Waals surface area (Å²) in [4.78, 5) is 2.40. The third kappa shape index (κ3) is 1.90. The van der Waals surface area contributed by atoms with Gasteiger partial charge < -0.3 is 5.11 Å². The monoisotopic (exact) mass is 201 g/mol. The van der Waals surface area contributed by atoms with Gasteiger partial charge in [-0.05, 0) is 25.7 Å². The number of aliphatic hydroxyl groups is 1. The summed E-state index contributed by atoms with van der Waals surface area (Å²) in [6.45, 7) is 4.52. The Labute approximate surface area is 84.2 Å². The first-order valence-electron chi connectivity index (χ1n) is 4.94. The molecule has 2 fully saturated rings. The Morgan fingerprint density at radius 3 is 2.38 bits per heavy atom. The molecule has 0 aromatic rings.